The highest BCUT2D eigenvalue weighted by Gasteiger charge is 2.34. The van der Waals surface area contributed by atoms with Gasteiger partial charge in [0.25, 0.3) is 0 Å². The predicted molar refractivity (Wildman–Crippen MR) is 139 cm³/mol. The van der Waals surface area contributed by atoms with E-state index in [0.717, 1.165) is 29.3 Å². The molecule has 0 radical (unpaired) electrons. The molecule has 2 unspecified atom stereocenters. The second-order valence-electron chi connectivity index (χ2n) is 10.8. The van der Waals surface area contributed by atoms with Crippen LogP contribution in [-0.2, 0) is 16.0 Å². The fourth-order valence-electron chi connectivity index (χ4n) is 4.60. The van der Waals surface area contributed by atoms with Crippen molar-refractivity contribution in [3.05, 3.63) is 36.0 Å². The summed E-state index contributed by atoms with van der Waals surface area (Å²) in [7, 11) is 0. The summed E-state index contributed by atoms with van der Waals surface area (Å²) in [6.45, 7) is 12.1. The van der Waals surface area contributed by atoms with E-state index in [9.17, 15) is 14.4 Å². The Kier molecular flexibility index (Phi) is 8.81. The highest BCUT2D eigenvalue weighted by atomic mass is 16.2. The third-order valence-corrected chi connectivity index (χ3v) is 6.43. The Morgan fingerprint density at radius 3 is 2.60 bits per heavy atom. The number of aromatic nitrogens is 1. The zero-order valence-electron chi connectivity index (χ0n) is 21.8. The van der Waals surface area contributed by atoms with E-state index in [0.29, 0.717) is 39.0 Å². The molecular weight excluding hydrogens is 442 g/mol. The van der Waals surface area contributed by atoms with E-state index in [4.69, 9.17) is 0 Å². The molecule has 1 aromatic heterocycles. The first-order chi connectivity index (χ1) is 16.6. The minimum absolute atomic E-state index is 0.0770. The Bertz CT molecular complexity index is 1030. The second-order valence-corrected chi connectivity index (χ2v) is 10.8. The summed E-state index contributed by atoms with van der Waals surface area (Å²) < 4.78 is 0. The molecule has 8 heteroatoms. The maximum absolute atomic E-state index is 13.7. The van der Waals surface area contributed by atoms with Crippen molar-refractivity contribution >= 4 is 28.7 Å². The van der Waals surface area contributed by atoms with Crippen LogP contribution < -0.4 is 10.6 Å². The van der Waals surface area contributed by atoms with E-state index in [1.54, 1.807) is 9.80 Å². The van der Waals surface area contributed by atoms with Gasteiger partial charge in [-0.2, -0.15) is 0 Å². The Balaban J connectivity index is 1.72. The van der Waals surface area contributed by atoms with Gasteiger partial charge in [-0.15, -0.1) is 0 Å². The number of urea groups is 1. The maximum Gasteiger partial charge on any atom is 0.317 e. The molecule has 2 heterocycles. The number of benzene rings is 1. The molecule has 1 fully saturated rings. The molecular formula is C27H41N5O3. The van der Waals surface area contributed by atoms with Gasteiger partial charge in [0.2, 0.25) is 11.8 Å². The van der Waals surface area contributed by atoms with Gasteiger partial charge in [0.05, 0.1) is 0 Å². The van der Waals surface area contributed by atoms with Crippen LogP contribution in [-0.4, -0.2) is 70.9 Å². The molecule has 1 aliphatic heterocycles. The van der Waals surface area contributed by atoms with E-state index in [-0.39, 0.29) is 29.3 Å². The van der Waals surface area contributed by atoms with Crippen molar-refractivity contribution in [2.75, 3.05) is 26.2 Å². The lowest BCUT2D eigenvalue weighted by molar-refractivity contribution is -0.138. The quantitative estimate of drug-likeness (QED) is 0.500. The summed E-state index contributed by atoms with van der Waals surface area (Å²) in [5.41, 5.74) is 1.83. The number of amides is 4. The van der Waals surface area contributed by atoms with Gasteiger partial charge in [0, 0.05) is 62.2 Å². The largest absolute Gasteiger partial charge is 0.361 e. The van der Waals surface area contributed by atoms with Crippen LogP contribution in [0.4, 0.5) is 4.79 Å². The molecule has 4 amide bonds. The fourth-order valence-corrected chi connectivity index (χ4v) is 4.60. The van der Waals surface area contributed by atoms with Crippen molar-refractivity contribution in [2.45, 2.75) is 72.4 Å². The number of nitrogens with one attached hydrogen (secondary N) is 3. The molecule has 3 rings (SSSR count). The van der Waals surface area contributed by atoms with Gasteiger partial charge in [-0.25, -0.2) is 4.79 Å². The molecule has 0 aliphatic carbocycles. The van der Waals surface area contributed by atoms with Crippen LogP contribution in [0.3, 0.4) is 0 Å². The normalized spacial score (nSPS) is 17.3. The molecule has 0 saturated carbocycles. The first kappa shape index (κ1) is 26.6. The van der Waals surface area contributed by atoms with Crippen LogP contribution in [0.5, 0.6) is 0 Å². The van der Waals surface area contributed by atoms with Gasteiger partial charge >= 0.3 is 6.03 Å². The zero-order chi connectivity index (χ0) is 25.6. The average molecular weight is 484 g/mol. The monoisotopic (exact) mass is 483 g/mol. The summed E-state index contributed by atoms with van der Waals surface area (Å²) in [5, 5.41) is 7.04. The maximum atomic E-state index is 13.7. The SMILES string of the molecule is CCCCNC(=O)N1CCN(C(=O)C(Cc2c[nH]c3ccccc23)NC(=O)CC(C)(C)C)CC1C. The van der Waals surface area contributed by atoms with E-state index >= 15 is 0 Å². The highest BCUT2D eigenvalue weighted by Crippen LogP contribution is 2.22. The van der Waals surface area contributed by atoms with Gasteiger partial charge < -0.3 is 25.4 Å². The van der Waals surface area contributed by atoms with Crippen LogP contribution in [0.2, 0.25) is 0 Å². The van der Waals surface area contributed by atoms with E-state index in [1.807, 2.05) is 58.2 Å². The molecule has 0 bridgehead atoms. The van der Waals surface area contributed by atoms with Gasteiger partial charge in [-0.05, 0) is 30.4 Å². The molecule has 1 aliphatic rings. The summed E-state index contributed by atoms with van der Waals surface area (Å²) in [4.78, 5) is 45.9. The first-order valence-electron chi connectivity index (χ1n) is 12.8. The van der Waals surface area contributed by atoms with Crippen molar-refractivity contribution in [3.8, 4) is 0 Å². The summed E-state index contributed by atoms with van der Waals surface area (Å²) in [5.74, 6) is -0.229. The third-order valence-electron chi connectivity index (χ3n) is 6.43. The number of hydrogen-bond donors (Lipinski definition) is 3. The molecule has 8 nitrogen and oxygen atoms in total. The predicted octanol–water partition coefficient (Wildman–Crippen LogP) is 3.67. The zero-order valence-corrected chi connectivity index (χ0v) is 21.8. The number of fused-ring (bicyclic) bond motifs is 1. The number of carbonyl (C=O) groups excluding carboxylic acids is 3. The smallest absolute Gasteiger partial charge is 0.317 e. The van der Waals surface area contributed by atoms with Crippen molar-refractivity contribution in [1.82, 2.24) is 25.4 Å². The number of carbonyl (C=O) groups is 3. The second kappa shape index (κ2) is 11.6. The number of rotatable bonds is 8. The number of nitrogens with zero attached hydrogens (tertiary/aromatic N) is 2. The number of H-pyrrole nitrogens is 1. The summed E-state index contributed by atoms with van der Waals surface area (Å²) >= 11 is 0. The Labute approximate surface area is 208 Å². The van der Waals surface area contributed by atoms with Crippen LogP contribution in [0, 0.1) is 5.41 Å². The standard InChI is InChI=1S/C27H41N5O3/c1-6-7-12-28-26(35)32-14-13-31(18-19(32)2)25(34)23(30-24(33)16-27(3,4)5)15-20-17-29-22-11-9-8-10-21(20)22/h8-11,17,19,23,29H,6-7,12-16,18H2,1-5H3,(H,28,35)(H,30,33). The average Bonchev–Trinajstić information content (AvgIpc) is 3.19. The van der Waals surface area contributed by atoms with E-state index in [1.165, 1.54) is 0 Å². The molecule has 1 aromatic carbocycles. The minimum atomic E-state index is -0.666. The number of hydrogen-bond acceptors (Lipinski definition) is 3. The fraction of sp³-hybridized carbons (Fsp3) is 0.593. The van der Waals surface area contributed by atoms with Gasteiger partial charge in [-0.1, -0.05) is 52.3 Å². The van der Waals surface area contributed by atoms with Gasteiger partial charge in [0.1, 0.15) is 6.04 Å². The Hall–Kier alpha value is -3.03. The number of piperazine rings is 1. The minimum Gasteiger partial charge on any atom is -0.361 e. The third kappa shape index (κ3) is 7.23. The molecule has 3 N–H and O–H groups in total. The van der Waals surface area contributed by atoms with Crippen LogP contribution in [0.15, 0.2) is 30.5 Å². The molecule has 2 aromatic rings. The number of aromatic amines is 1. The van der Waals surface area contributed by atoms with Crippen molar-refractivity contribution in [3.63, 3.8) is 0 Å². The van der Waals surface area contributed by atoms with Gasteiger partial charge in [0.15, 0.2) is 0 Å². The lowest BCUT2D eigenvalue weighted by Crippen LogP contribution is -2.60. The Morgan fingerprint density at radius 2 is 1.91 bits per heavy atom. The summed E-state index contributed by atoms with van der Waals surface area (Å²) in [6, 6.07) is 7.12. The Morgan fingerprint density at radius 1 is 1.17 bits per heavy atom. The molecule has 2 atom stereocenters. The van der Waals surface area contributed by atoms with Crippen molar-refractivity contribution in [1.29, 1.82) is 0 Å². The van der Waals surface area contributed by atoms with Crippen molar-refractivity contribution < 1.29 is 14.4 Å². The number of para-hydroxylation sites is 1. The number of unbranched alkanes of at least 4 members (excludes halogenated alkanes) is 1. The molecule has 192 valence electrons. The van der Waals surface area contributed by atoms with Gasteiger partial charge in [-0.3, -0.25) is 9.59 Å². The van der Waals surface area contributed by atoms with Crippen LogP contribution >= 0.6 is 0 Å². The molecule has 0 spiro atoms. The lowest BCUT2D eigenvalue weighted by Gasteiger charge is -2.41. The lowest BCUT2D eigenvalue weighted by atomic mass is 9.91. The van der Waals surface area contributed by atoms with E-state index in [2.05, 4.69) is 22.5 Å². The molecule has 35 heavy (non-hydrogen) atoms. The summed E-state index contributed by atoms with van der Waals surface area (Å²) in [6.07, 6.45) is 4.64. The van der Waals surface area contributed by atoms with Crippen LogP contribution in [0.25, 0.3) is 10.9 Å². The van der Waals surface area contributed by atoms with Crippen LogP contribution in [0.1, 0.15) is 59.4 Å². The molecule has 1 saturated heterocycles. The van der Waals surface area contributed by atoms with E-state index < -0.39 is 6.04 Å². The topological polar surface area (TPSA) is 97.5 Å². The van der Waals surface area contributed by atoms with Crippen molar-refractivity contribution in [2.24, 2.45) is 5.41 Å². The first-order valence-corrected chi connectivity index (χ1v) is 12.8. The highest BCUT2D eigenvalue weighted by molar-refractivity contribution is 5.90.